The highest BCUT2D eigenvalue weighted by Gasteiger charge is 2.22. The van der Waals surface area contributed by atoms with E-state index in [0.717, 1.165) is 25.0 Å². The van der Waals surface area contributed by atoms with Gasteiger partial charge in [-0.1, -0.05) is 30.3 Å². The van der Waals surface area contributed by atoms with Crippen molar-refractivity contribution in [3.8, 4) is 0 Å². The molecule has 5 heteroatoms. The summed E-state index contributed by atoms with van der Waals surface area (Å²) >= 11 is 0. The molecule has 1 saturated heterocycles. The fourth-order valence-corrected chi connectivity index (χ4v) is 3.15. The lowest BCUT2D eigenvalue weighted by molar-refractivity contribution is -0.123. The Morgan fingerprint density at radius 1 is 1.45 bits per heavy atom. The summed E-state index contributed by atoms with van der Waals surface area (Å²) in [6, 6.07) is 9.47. The number of carbonyl (C=O) groups is 1. The predicted molar refractivity (Wildman–Crippen MR) is 79.9 cm³/mol. The van der Waals surface area contributed by atoms with E-state index in [4.69, 9.17) is 4.74 Å². The first-order chi connectivity index (χ1) is 9.65. The van der Waals surface area contributed by atoms with Crippen molar-refractivity contribution in [3.63, 3.8) is 0 Å². The first-order valence-corrected chi connectivity index (χ1v) is 8.64. The number of rotatable bonds is 6. The Morgan fingerprint density at radius 2 is 2.20 bits per heavy atom. The summed E-state index contributed by atoms with van der Waals surface area (Å²) in [4.78, 5) is 12.1. The van der Waals surface area contributed by atoms with Crippen molar-refractivity contribution in [2.45, 2.75) is 31.4 Å². The third-order valence-electron chi connectivity index (χ3n) is 3.38. The molecule has 1 amide bonds. The van der Waals surface area contributed by atoms with E-state index in [0.29, 0.717) is 12.2 Å². The minimum absolute atomic E-state index is 0.0313. The van der Waals surface area contributed by atoms with E-state index >= 15 is 0 Å². The minimum atomic E-state index is -0.962. The highest BCUT2D eigenvalue weighted by atomic mass is 32.2. The van der Waals surface area contributed by atoms with Crippen LogP contribution >= 0.6 is 0 Å². The van der Waals surface area contributed by atoms with Crippen molar-refractivity contribution < 1.29 is 13.7 Å². The van der Waals surface area contributed by atoms with Crippen LogP contribution in [0.2, 0.25) is 0 Å². The number of carbonyl (C=O) groups excluding carboxylic acids is 1. The molecule has 0 spiro atoms. The molecule has 0 saturated carbocycles. The van der Waals surface area contributed by atoms with Gasteiger partial charge in [0.05, 0.1) is 18.6 Å². The molecule has 1 aromatic rings. The molecule has 0 unspecified atom stereocenters. The van der Waals surface area contributed by atoms with Gasteiger partial charge in [-0.3, -0.25) is 9.00 Å². The molecule has 1 N–H and O–H groups in total. The number of benzene rings is 1. The van der Waals surface area contributed by atoms with Crippen LogP contribution in [0.5, 0.6) is 0 Å². The monoisotopic (exact) mass is 295 g/mol. The summed E-state index contributed by atoms with van der Waals surface area (Å²) in [7, 11) is -0.962. The summed E-state index contributed by atoms with van der Waals surface area (Å²) in [5, 5.41) is 2.98. The van der Waals surface area contributed by atoms with E-state index in [1.807, 2.05) is 30.3 Å². The average molecular weight is 295 g/mol. The van der Waals surface area contributed by atoms with Crippen LogP contribution in [-0.4, -0.2) is 34.8 Å². The molecule has 1 aliphatic heterocycles. The molecule has 1 aromatic carbocycles. The molecule has 4 nitrogen and oxygen atoms in total. The summed E-state index contributed by atoms with van der Waals surface area (Å²) in [5.41, 5.74) is 0.989. The summed E-state index contributed by atoms with van der Waals surface area (Å²) in [6.45, 7) is 0.749. The lowest BCUT2D eigenvalue weighted by Gasteiger charge is -2.19. The molecule has 110 valence electrons. The van der Waals surface area contributed by atoms with Gasteiger partial charge in [0, 0.05) is 29.4 Å². The standard InChI is InChI=1S/C15H21NO3S/c1-20(18)11-14(12-6-3-2-4-7-12)16-15(17)10-13-8-5-9-19-13/h2-4,6-7,13-14H,5,8-11H2,1H3,(H,16,17)/t13-,14+,20+/m1/s1. The van der Waals surface area contributed by atoms with E-state index in [9.17, 15) is 9.00 Å². The SMILES string of the molecule is C[S@](=O)C[C@H](NC(=O)C[C@H]1CCCO1)c1ccccc1. The lowest BCUT2D eigenvalue weighted by Crippen LogP contribution is -2.33. The molecule has 20 heavy (non-hydrogen) atoms. The van der Waals surface area contributed by atoms with Gasteiger partial charge in [-0.05, 0) is 18.4 Å². The average Bonchev–Trinajstić information content (AvgIpc) is 2.91. The van der Waals surface area contributed by atoms with Crippen molar-refractivity contribution in [3.05, 3.63) is 35.9 Å². The molecule has 1 heterocycles. The zero-order valence-corrected chi connectivity index (χ0v) is 12.5. The topological polar surface area (TPSA) is 55.4 Å². The number of hydrogen-bond acceptors (Lipinski definition) is 3. The quantitative estimate of drug-likeness (QED) is 0.870. The van der Waals surface area contributed by atoms with Gasteiger partial charge < -0.3 is 10.1 Å². The highest BCUT2D eigenvalue weighted by molar-refractivity contribution is 7.84. The van der Waals surface area contributed by atoms with Crippen LogP contribution < -0.4 is 5.32 Å². The largest absolute Gasteiger partial charge is 0.378 e. The summed E-state index contributed by atoms with van der Waals surface area (Å²) in [5.74, 6) is 0.401. The van der Waals surface area contributed by atoms with Gasteiger partial charge in [-0.25, -0.2) is 0 Å². The molecule has 0 aromatic heterocycles. The van der Waals surface area contributed by atoms with Crippen LogP contribution in [0.4, 0.5) is 0 Å². The van der Waals surface area contributed by atoms with Crippen molar-refractivity contribution in [1.82, 2.24) is 5.32 Å². The second-order valence-electron chi connectivity index (χ2n) is 5.11. The predicted octanol–water partition coefficient (Wildman–Crippen LogP) is 1.79. The van der Waals surface area contributed by atoms with Crippen LogP contribution in [0.15, 0.2) is 30.3 Å². The Hall–Kier alpha value is -1.20. The molecule has 0 aliphatic carbocycles. The number of ether oxygens (including phenoxy) is 1. The van der Waals surface area contributed by atoms with Crippen molar-refractivity contribution >= 4 is 16.7 Å². The van der Waals surface area contributed by atoms with Crippen LogP contribution in [0.25, 0.3) is 0 Å². The lowest BCUT2D eigenvalue weighted by atomic mass is 10.1. The summed E-state index contributed by atoms with van der Waals surface area (Å²) in [6.07, 6.45) is 4.06. The van der Waals surface area contributed by atoms with E-state index in [1.165, 1.54) is 0 Å². The minimum Gasteiger partial charge on any atom is -0.378 e. The molecule has 2 rings (SSSR count). The first kappa shape index (κ1) is 15.2. The maximum absolute atomic E-state index is 12.1. The van der Waals surface area contributed by atoms with Gasteiger partial charge in [0.1, 0.15) is 0 Å². The van der Waals surface area contributed by atoms with E-state index in [2.05, 4.69) is 5.32 Å². The third-order valence-corrected chi connectivity index (χ3v) is 4.18. The Labute approximate surface area is 122 Å². The van der Waals surface area contributed by atoms with Gasteiger partial charge in [0.2, 0.25) is 5.91 Å². The second-order valence-corrected chi connectivity index (χ2v) is 6.59. The van der Waals surface area contributed by atoms with E-state index < -0.39 is 10.8 Å². The highest BCUT2D eigenvalue weighted by Crippen LogP contribution is 2.17. The molecular formula is C15H21NO3S. The van der Waals surface area contributed by atoms with Crippen LogP contribution in [0.1, 0.15) is 30.9 Å². The normalized spacial score (nSPS) is 21.4. The number of amides is 1. The van der Waals surface area contributed by atoms with Gasteiger partial charge in [-0.2, -0.15) is 0 Å². The molecule has 1 aliphatic rings. The van der Waals surface area contributed by atoms with E-state index in [-0.39, 0.29) is 18.1 Å². The maximum atomic E-state index is 12.1. The zero-order chi connectivity index (χ0) is 14.4. The van der Waals surface area contributed by atoms with Crippen molar-refractivity contribution in [1.29, 1.82) is 0 Å². The zero-order valence-electron chi connectivity index (χ0n) is 11.7. The van der Waals surface area contributed by atoms with Crippen LogP contribution in [0, 0.1) is 0 Å². The molecule has 0 bridgehead atoms. The third kappa shape index (κ3) is 4.72. The molecule has 1 fully saturated rings. The fourth-order valence-electron chi connectivity index (χ4n) is 2.41. The Balaban J connectivity index is 1.96. The number of hydrogen-bond donors (Lipinski definition) is 1. The van der Waals surface area contributed by atoms with Gasteiger partial charge in [0.15, 0.2) is 0 Å². The van der Waals surface area contributed by atoms with Gasteiger partial charge in [-0.15, -0.1) is 0 Å². The van der Waals surface area contributed by atoms with Crippen LogP contribution in [0.3, 0.4) is 0 Å². The van der Waals surface area contributed by atoms with Crippen molar-refractivity contribution in [2.24, 2.45) is 0 Å². The van der Waals surface area contributed by atoms with Gasteiger partial charge in [0.25, 0.3) is 0 Å². The summed E-state index contributed by atoms with van der Waals surface area (Å²) < 4.78 is 17.0. The Bertz CT molecular complexity index is 457. The molecular weight excluding hydrogens is 274 g/mol. The Kier molecular flexibility index (Phi) is 5.73. The fraction of sp³-hybridized carbons (Fsp3) is 0.533. The maximum Gasteiger partial charge on any atom is 0.223 e. The Morgan fingerprint density at radius 3 is 2.80 bits per heavy atom. The van der Waals surface area contributed by atoms with Crippen LogP contribution in [-0.2, 0) is 20.3 Å². The van der Waals surface area contributed by atoms with Crippen molar-refractivity contribution in [2.75, 3.05) is 18.6 Å². The first-order valence-electron chi connectivity index (χ1n) is 6.91. The van der Waals surface area contributed by atoms with Gasteiger partial charge >= 0.3 is 0 Å². The van der Waals surface area contributed by atoms with E-state index in [1.54, 1.807) is 6.26 Å². The number of nitrogens with one attached hydrogen (secondary N) is 1. The molecule has 3 atom stereocenters. The smallest absolute Gasteiger partial charge is 0.223 e. The molecule has 0 radical (unpaired) electrons. The second kappa shape index (κ2) is 7.55.